The van der Waals surface area contributed by atoms with Crippen LogP contribution in [0.5, 0.6) is 0 Å². The van der Waals surface area contributed by atoms with E-state index in [4.69, 9.17) is 37.0 Å². The molecule has 5 atom stereocenters. The van der Waals surface area contributed by atoms with Crippen molar-refractivity contribution >= 4 is 39.5 Å². The molecule has 0 aliphatic carbocycles. The molecule has 0 bridgehead atoms. The summed E-state index contributed by atoms with van der Waals surface area (Å²) in [6.07, 6.45) is 56.5. The van der Waals surface area contributed by atoms with Gasteiger partial charge in [-0.2, -0.15) is 0 Å². The molecule has 0 amide bonds. The number of unbranched alkanes of at least 4 members (excludes halogenated alkanes) is 38. The van der Waals surface area contributed by atoms with Crippen LogP contribution in [0.3, 0.4) is 0 Å². The van der Waals surface area contributed by atoms with Crippen LogP contribution in [0.4, 0.5) is 0 Å². The Bertz CT molecular complexity index is 1960. The first-order chi connectivity index (χ1) is 46.2. The Hall–Kier alpha value is -2.46. The lowest BCUT2D eigenvalue weighted by molar-refractivity contribution is -0.161. The molecule has 0 saturated heterocycles. The van der Waals surface area contributed by atoms with E-state index in [1.165, 1.54) is 161 Å². The Balaban J connectivity index is 5.26. The molecule has 19 heteroatoms. The molecule has 0 heterocycles. The standard InChI is InChI=1S/C77H146O17P2/c1-8-9-10-11-12-13-14-15-17-22-27-32-37-46-53-60-76(81)93-72(64-87-74(79)58-51-44-36-31-26-21-19-16-18-20-24-29-34-41-48-55-68(2)3)66-91-95(83,84)89-62-71(78)63-90-96(85,86)92-67-73(65-88-75(80)59-52-45-40-39-43-50-57-70(6)7)94-77(82)61-54-47-38-33-28-23-25-30-35-42-49-56-69(4)5/h13-15,17,68-73,78H,8-12,16,18-67H2,1-7H3,(H,83,84)(H,85,86)/b14-13-,17-15-/t71-,72-,73-/m1/s1. The van der Waals surface area contributed by atoms with Gasteiger partial charge in [-0.05, 0) is 69.1 Å². The highest BCUT2D eigenvalue weighted by Gasteiger charge is 2.30. The van der Waals surface area contributed by atoms with Crippen molar-refractivity contribution in [2.75, 3.05) is 39.6 Å². The number of aliphatic hydroxyl groups is 1. The second-order valence-corrected chi connectivity index (χ2v) is 31.4. The Kier molecular flexibility index (Phi) is 65.3. The molecule has 17 nitrogen and oxygen atoms in total. The number of carbonyl (C=O) groups is 4. The monoisotopic (exact) mass is 1410 g/mol. The van der Waals surface area contributed by atoms with Crippen molar-refractivity contribution in [1.29, 1.82) is 0 Å². The smallest absolute Gasteiger partial charge is 0.462 e. The summed E-state index contributed by atoms with van der Waals surface area (Å²) in [5, 5.41) is 10.6. The van der Waals surface area contributed by atoms with E-state index < -0.39 is 97.5 Å². The van der Waals surface area contributed by atoms with Crippen LogP contribution in [0.1, 0.15) is 370 Å². The summed E-state index contributed by atoms with van der Waals surface area (Å²) >= 11 is 0. The molecular weight excluding hydrogens is 1260 g/mol. The van der Waals surface area contributed by atoms with Crippen molar-refractivity contribution in [3.8, 4) is 0 Å². The lowest BCUT2D eigenvalue weighted by atomic mass is 10.0. The van der Waals surface area contributed by atoms with Gasteiger partial charge in [0.05, 0.1) is 26.4 Å². The molecule has 0 aliphatic heterocycles. The Morgan fingerprint density at radius 1 is 0.323 bits per heavy atom. The third-order valence-electron chi connectivity index (χ3n) is 17.3. The first kappa shape index (κ1) is 93.5. The molecule has 0 saturated carbocycles. The quantitative estimate of drug-likeness (QED) is 0.0169. The number of rotatable bonds is 73. The van der Waals surface area contributed by atoms with E-state index in [0.29, 0.717) is 31.6 Å². The van der Waals surface area contributed by atoms with E-state index >= 15 is 0 Å². The topological polar surface area (TPSA) is 237 Å². The fourth-order valence-corrected chi connectivity index (χ4v) is 12.8. The van der Waals surface area contributed by atoms with Crippen LogP contribution in [0.2, 0.25) is 0 Å². The van der Waals surface area contributed by atoms with Gasteiger partial charge in [0, 0.05) is 25.7 Å². The number of phosphoric acid groups is 2. The highest BCUT2D eigenvalue weighted by atomic mass is 31.2. The first-order valence-corrected chi connectivity index (χ1v) is 42.2. The highest BCUT2D eigenvalue weighted by Crippen LogP contribution is 2.45. The minimum Gasteiger partial charge on any atom is -0.462 e. The van der Waals surface area contributed by atoms with Gasteiger partial charge >= 0.3 is 39.5 Å². The zero-order valence-corrected chi connectivity index (χ0v) is 64.1. The van der Waals surface area contributed by atoms with Crippen LogP contribution < -0.4 is 0 Å². The van der Waals surface area contributed by atoms with Crippen LogP contribution in [0, 0.1) is 17.8 Å². The summed E-state index contributed by atoms with van der Waals surface area (Å²) in [5.74, 6) is 0.0967. The molecule has 2 unspecified atom stereocenters. The van der Waals surface area contributed by atoms with E-state index in [0.717, 1.165) is 121 Å². The van der Waals surface area contributed by atoms with Gasteiger partial charge in [-0.25, -0.2) is 9.13 Å². The molecule has 0 radical (unpaired) electrons. The van der Waals surface area contributed by atoms with Crippen molar-refractivity contribution in [2.45, 2.75) is 388 Å². The summed E-state index contributed by atoms with van der Waals surface area (Å²) in [7, 11) is -9.93. The summed E-state index contributed by atoms with van der Waals surface area (Å²) in [6.45, 7) is 11.8. The predicted molar refractivity (Wildman–Crippen MR) is 390 cm³/mol. The van der Waals surface area contributed by atoms with Gasteiger partial charge in [0.25, 0.3) is 0 Å². The lowest BCUT2D eigenvalue weighted by Crippen LogP contribution is -2.30. The van der Waals surface area contributed by atoms with E-state index in [9.17, 15) is 43.2 Å². The fourth-order valence-electron chi connectivity index (χ4n) is 11.2. The lowest BCUT2D eigenvalue weighted by Gasteiger charge is -2.21. The number of hydrogen-bond donors (Lipinski definition) is 3. The second kappa shape index (κ2) is 67.1. The van der Waals surface area contributed by atoms with Crippen molar-refractivity contribution < 1.29 is 80.2 Å². The summed E-state index contributed by atoms with van der Waals surface area (Å²) in [5.41, 5.74) is 0. The highest BCUT2D eigenvalue weighted by molar-refractivity contribution is 7.47. The molecule has 0 aromatic rings. The minimum atomic E-state index is -4.97. The van der Waals surface area contributed by atoms with Crippen LogP contribution in [0.25, 0.3) is 0 Å². The maximum absolute atomic E-state index is 13.1. The first-order valence-electron chi connectivity index (χ1n) is 39.2. The van der Waals surface area contributed by atoms with Crippen molar-refractivity contribution in [1.82, 2.24) is 0 Å². The van der Waals surface area contributed by atoms with E-state index in [1.54, 1.807) is 0 Å². The molecule has 0 fully saturated rings. The second-order valence-electron chi connectivity index (χ2n) is 28.5. The average molecular weight is 1410 g/mol. The molecule has 0 aromatic carbocycles. The van der Waals surface area contributed by atoms with Crippen molar-refractivity contribution in [3.05, 3.63) is 24.3 Å². The van der Waals surface area contributed by atoms with Crippen LogP contribution in [-0.2, 0) is 65.4 Å². The maximum atomic E-state index is 13.1. The molecule has 0 aliphatic rings. The van der Waals surface area contributed by atoms with Gasteiger partial charge in [0.1, 0.15) is 19.3 Å². The molecule has 0 aromatic heterocycles. The number of ether oxygens (including phenoxy) is 4. The van der Waals surface area contributed by atoms with Gasteiger partial charge < -0.3 is 33.8 Å². The number of hydrogen-bond acceptors (Lipinski definition) is 15. The van der Waals surface area contributed by atoms with Crippen molar-refractivity contribution in [3.63, 3.8) is 0 Å². The van der Waals surface area contributed by atoms with Gasteiger partial charge in [0.15, 0.2) is 12.2 Å². The molecule has 0 spiro atoms. The number of phosphoric ester groups is 2. The molecule has 96 heavy (non-hydrogen) atoms. The molecular formula is C77H146O17P2. The van der Waals surface area contributed by atoms with Gasteiger partial charge in [-0.3, -0.25) is 37.3 Å². The summed E-state index contributed by atoms with van der Waals surface area (Å²) < 4.78 is 68.5. The normalized spacial score (nSPS) is 14.2. The number of carbonyl (C=O) groups excluding carboxylic acids is 4. The SMILES string of the molecule is CCCCCC/C=C\C=C/CCCCCCCC(=O)O[C@H](COC(=O)CCCCCCCCCCCCCCCCCC(C)C)COP(=O)(O)OC[C@@H](O)COP(=O)(O)OC[C@@H](COC(=O)CCCCCCCCC(C)C)OC(=O)CCCCCCCCCCCCCC(C)C. The number of esters is 4. The third-order valence-corrected chi connectivity index (χ3v) is 19.2. The van der Waals surface area contributed by atoms with E-state index in [-0.39, 0.29) is 25.7 Å². The minimum absolute atomic E-state index is 0.0849. The Morgan fingerprint density at radius 3 is 0.844 bits per heavy atom. The largest absolute Gasteiger partial charge is 0.472 e. The fraction of sp³-hybridized carbons (Fsp3) is 0.896. The van der Waals surface area contributed by atoms with Gasteiger partial charge in [-0.15, -0.1) is 0 Å². The molecule has 0 rings (SSSR count). The maximum Gasteiger partial charge on any atom is 0.472 e. The van der Waals surface area contributed by atoms with Crippen LogP contribution in [0.15, 0.2) is 24.3 Å². The zero-order chi connectivity index (χ0) is 70.9. The summed E-state index contributed by atoms with van der Waals surface area (Å²) in [4.78, 5) is 72.8. The van der Waals surface area contributed by atoms with Crippen LogP contribution >= 0.6 is 15.6 Å². The molecule has 566 valence electrons. The number of aliphatic hydroxyl groups excluding tert-OH is 1. The molecule has 3 N–H and O–H groups in total. The van der Waals surface area contributed by atoms with Crippen molar-refractivity contribution in [2.24, 2.45) is 17.8 Å². The predicted octanol–water partition coefficient (Wildman–Crippen LogP) is 22.1. The van der Waals surface area contributed by atoms with E-state index in [2.05, 4.69) is 72.8 Å². The number of allylic oxidation sites excluding steroid dienone is 4. The Labute approximate surface area is 586 Å². The zero-order valence-electron chi connectivity index (χ0n) is 62.3. The van der Waals surface area contributed by atoms with Crippen LogP contribution in [-0.4, -0.2) is 96.7 Å². The van der Waals surface area contributed by atoms with Gasteiger partial charge in [0.2, 0.25) is 0 Å². The van der Waals surface area contributed by atoms with Gasteiger partial charge in [-0.1, -0.05) is 317 Å². The van der Waals surface area contributed by atoms with E-state index in [1.807, 2.05) is 0 Å². The summed E-state index contributed by atoms with van der Waals surface area (Å²) in [6, 6.07) is 0. The average Bonchev–Trinajstić information content (AvgIpc) is 1.18. The Morgan fingerprint density at radius 2 is 0.562 bits per heavy atom. The third kappa shape index (κ3) is 70.0.